The van der Waals surface area contributed by atoms with E-state index in [1.807, 2.05) is 20.8 Å². The van der Waals surface area contributed by atoms with Crippen LogP contribution in [0.5, 0.6) is 0 Å². The number of aliphatic hydroxyl groups excluding tert-OH is 1. The second-order valence-corrected chi connectivity index (χ2v) is 13.7. The molecule has 5 aliphatic rings. The van der Waals surface area contributed by atoms with E-state index >= 15 is 0 Å². The molecule has 4 bridgehead atoms. The third-order valence-electron chi connectivity index (χ3n) is 11.5. The zero-order chi connectivity index (χ0) is 28.4. The summed E-state index contributed by atoms with van der Waals surface area (Å²) in [7, 11) is 0. The fourth-order valence-electron chi connectivity index (χ4n) is 10.0. The zero-order valence-corrected chi connectivity index (χ0v) is 24.2. The Morgan fingerprint density at radius 2 is 2.10 bits per heavy atom. The molecule has 1 aromatic rings. The molecule has 9 heteroatoms. The smallest absolute Gasteiger partial charge is 0.315 e. The van der Waals surface area contributed by atoms with Gasteiger partial charge in [0.25, 0.3) is 0 Å². The van der Waals surface area contributed by atoms with Gasteiger partial charge in [-0.05, 0) is 55.8 Å². The number of hydrogen-bond donors (Lipinski definition) is 3. The molecule has 0 amide bonds. The molecule has 3 saturated carbocycles. The lowest BCUT2D eigenvalue weighted by Gasteiger charge is -2.58. The average Bonchev–Trinajstić information content (AvgIpc) is 3.64. The Labute approximate surface area is 236 Å². The van der Waals surface area contributed by atoms with Crippen molar-refractivity contribution in [2.75, 3.05) is 26.2 Å². The van der Waals surface area contributed by atoms with E-state index in [-0.39, 0.29) is 30.5 Å². The Morgan fingerprint density at radius 3 is 2.77 bits per heavy atom. The second kappa shape index (κ2) is 10.0. The maximum absolute atomic E-state index is 13.6. The van der Waals surface area contributed by atoms with Crippen LogP contribution in [0.1, 0.15) is 59.2 Å². The van der Waals surface area contributed by atoms with Gasteiger partial charge in [-0.25, -0.2) is 4.98 Å². The summed E-state index contributed by atoms with van der Waals surface area (Å²) in [6.45, 7) is 10.3. The van der Waals surface area contributed by atoms with Gasteiger partial charge >= 0.3 is 5.97 Å². The lowest BCUT2D eigenvalue weighted by molar-refractivity contribution is -0.235. The molecule has 6 rings (SSSR count). The number of H-pyrrole nitrogens is 1. The monoisotopic (exact) mass is 555 g/mol. The van der Waals surface area contributed by atoms with Crippen LogP contribution in [-0.2, 0) is 25.5 Å². The number of aromatic amines is 1. The fraction of sp³-hybridized carbons (Fsp3) is 0.774. The van der Waals surface area contributed by atoms with Gasteiger partial charge in [-0.3, -0.25) is 9.69 Å². The molecular weight excluding hydrogens is 510 g/mol. The first kappa shape index (κ1) is 28.1. The number of carboxylic acids is 1. The zero-order valence-electron chi connectivity index (χ0n) is 24.2. The maximum Gasteiger partial charge on any atom is 0.315 e. The number of rotatable bonds is 9. The van der Waals surface area contributed by atoms with Gasteiger partial charge in [0, 0.05) is 43.9 Å². The first-order chi connectivity index (χ1) is 19.1. The third-order valence-corrected chi connectivity index (χ3v) is 11.5. The molecule has 3 N–H and O–H groups in total. The van der Waals surface area contributed by atoms with E-state index in [1.54, 1.807) is 12.4 Å². The number of imidazole rings is 1. The van der Waals surface area contributed by atoms with Crippen LogP contribution in [0.4, 0.5) is 0 Å². The van der Waals surface area contributed by atoms with Gasteiger partial charge in [-0.1, -0.05) is 38.8 Å². The number of nitrogens with one attached hydrogen (secondary N) is 1. The molecule has 1 aliphatic heterocycles. The number of β-amino-alcohol motifs (C(OH)–C–C–N with tert-alkyl or cyclic N) is 1. The number of nitrogens with zero attached hydrogens (tertiary/aromatic N) is 2. The summed E-state index contributed by atoms with van der Waals surface area (Å²) in [6.07, 6.45) is 8.81. The van der Waals surface area contributed by atoms with Crippen molar-refractivity contribution in [1.82, 2.24) is 14.9 Å². The van der Waals surface area contributed by atoms with Crippen molar-refractivity contribution < 1.29 is 29.3 Å². The number of carbonyl (C=O) groups is 2. The normalized spacial score (nSPS) is 44.5. The van der Waals surface area contributed by atoms with Gasteiger partial charge in [0.1, 0.15) is 23.6 Å². The molecule has 220 valence electrons. The highest BCUT2D eigenvalue weighted by atomic mass is 16.7. The summed E-state index contributed by atoms with van der Waals surface area (Å²) in [4.78, 5) is 36.4. The summed E-state index contributed by atoms with van der Waals surface area (Å²) < 4.78 is 12.8. The van der Waals surface area contributed by atoms with Gasteiger partial charge in [0.2, 0.25) is 0 Å². The number of carboxylic acid groups (broad SMARTS) is 1. The van der Waals surface area contributed by atoms with Gasteiger partial charge in [-0.2, -0.15) is 0 Å². The van der Waals surface area contributed by atoms with Crippen LogP contribution in [0.25, 0.3) is 0 Å². The molecule has 1 aromatic heterocycles. The number of aldehydes is 1. The molecule has 0 radical (unpaired) electrons. The predicted octanol–water partition coefficient (Wildman–Crippen LogP) is 3.30. The van der Waals surface area contributed by atoms with E-state index < -0.39 is 34.6 Å². The Bertz CT molecular complexity index is 1150. The maximum atomic E-state index is 13.6. The van der Waals surface area contributed by atoms with Crippen LogP contribution in [0.15, 0.2) is 24.0 Å². The van der Waals surface area contributed by atoms with Crippen LogP contribution >= 0.6 is 0 Å². The van der Waals surface area contributed by atoms with Crippen molar-refractivity contribution in [2.24, 2.45) is 45.8 Å². The molecular formula is C31H45N3O6. The Morgan fingerprint density at radius 1 is 1.30 bits per heavy atom. The van der Waals surface area contributed by atoms with Gasteiger partial charge in [-0.15, -0.1) is 0 Å². The predicted molar refractivity (Wildman–Crippen MR) is 147 cm³/mol. The molecule has 0 aromatic carbocycles. The Kier molecular flexibility index (Phi) is 7.04. The highest BCUT2D eigenvalue weighted by Crippen LogP contribution is 2.82. The van der Waals surface area contributed by atoms with E-state index in [4.69, 9.17) is 9.47 Å². The van der Waals surface area contributed by atoms with Crippen LogP contribution in [0, 0.1) is 45.8 Å². The first-order valence-electron chi connectivity index (χ1n) is 15.2. The minimum absolute atomic E-state index is 0.0120. The Hall–Kier alpha value is -2.07. The van der Waals surface area contributed by atoms with E-state index in [2.05, 4.69) is 27.9 Å². The molecule has 0 unspecified atom stereocenters. The number of allylic oxidation sites excluding steroid dienone is 1. The van der Waals surface area contributed by atoms with Crippen molar-refractivity contribution in [3.8, 4) is 0 Å². The van der Waals surface area contributed by atoms with Gasteiger partial charge in [0.15, 0.2) is 6.29 Å². The number of aliphatic hydroxyl groups is 1. The SMILES string of the molecule is CC(C)C1=C[C@H]2C[C@]3(C=O)[C@@H]4CC[C@@H](C)[C@H]4C[C@@]2(CO[C@@H]2O[C@H](C)CN(CCc4ncc[nH]4)C[C@@H]2O)[C@]13C(=O)O. The second-order valence-electron chi connectivity index (χ2n) is 13.7. The van der Waals surface area contributed by atoms with Crippen LogP contribution in [-0.4, -0.2) is 82.1 Å². The molecule has 10 atom stereocenters. The fourth-order valence-corrected chi connectivity index (χ4v) is 10.0. The minimum Gasteiger partial charge on any atom is -0.481 e. The van der Waals surface area contributed by atoms with E-state index in [0.717, 1.165) is 49.9 Å². The standard InChI is InChI=1S/C31H45N3O6/c1-18(2)24-11-21-12-29(16-35)23-6-5-19(3)22(23)13-30(21,31(24,29)28(37)38)17-39-27-25(36)15-34(14-20(4)40-27)10-7-26-32-8-9-33-26/h8-9,11,16,18-23,25,27,36H,5-7,10,12-15,17H2,1-4H3,(H,32,33)(H,37,38)/t19-,20-,21+,22-,23-,25+,27-,29+,30+,31+/m1/s1. The number of aromatic nitrogens is 2. The molecule has 9 nitrogen and oxygen atoms in total. The third kappa shape index (κ3) is 3.76. The molecule has 2 heterocycles. The molecule has 1 saturated heterocycles. The largest absolute Gasteiger partial charge is 0.481 e. The van der Waals surface area contributed by atoms with Crippen molar-refractivity contribution in [1.29, 1.82) is 0 Å². The summed E-state index contributed by atoms with van der Waals surface area (Å²) in [5.74, 6) is 0.797. The highest BCUT2D eigenvalue weighted by molar-refractivity contribution is 5.90. The van der Waals surface area contributed by atoms with Gasteiger partial charge < -0.3 is 29.5 Å². The molecule has 0 spiro atoms. The lowest BCUT2D eigenvalue weighted by Crippen LogP contribution is -2.63. The van der Waals surface area contributed by atoms with Crippen molar-refractivity contribution in [3.63, 3.8) is 0 Å². The van der Waals surface area contributed by atoms with Crippen LogP contribution in [0.2, 0.25) is 0 Å². The number of carbonyl (C=O) groups excluding carboxylic acids is 1. The lowest BCUT2D eigenvalue weighted by atomic mass is 9.43. The van der Waals surface area contributed by atoms with E-state index in [0.29, 0.717) is 31.3 Å². The van der Waals surface area contributed by atoms with Crippen molar-refractivity contribution in [2.45, 2.75) is 78.3 Å². The Balaban J connectivity index is 1.29. The quantitative estimate of drug-likeness (QED) is 0.313. The van der Waals surface area contributed by atoms with E-state index in [1.165, 1.54) is 0 Å². The number of fused-ring (bicyclic) bond motifs is 2. The molecule has 40 heavy (non-hydrogen) atoms. The number of aliphatic carboxylic acids is 1. The van der Waals surface area contributed by atoms with E-state index in [9.17, 15) is 19.8 Å². The summed E-state index contributed by atoms with van der Waals surface area (Å²) >= 11 is 0. The van der Waals surface area contributed by atoms with Crippen LogP contribution < -0.4 is 0 Å². The van der Waals surface area contributed by atoms with Crippen molar-refractivity contribution >= 4 is 12.3 Å². The molecule has 4 fully saturated rings. The van der Waals surface area contributed by atoms with Gasteiger partial charge in [0.05, 0.1) is 18.1 Å². The minimum atomic E-state index is -1.29. The topological polar surface area (TPSA) is 125 Å². The summed E-state index contributed by atoms with van der Waals surface area (Å²) in [5, 5.41) is 22.4. The number of hydrogen-bond acceptors (Lipinski definition) is 7. The summed E-state index contributed by atoms with van der Waals surface area (Å²) in [6, 6.07) is 0. The van der Waals surface area contributed by atoms with Crippen LogP contribution in [0.3, 0.4) is 0 Å². The highest BCUT2D eigenvalue weighted by Gasteiger charge is 2.84. The first-order valence-corrected chi connectivity index (χ1v) is 15.2. The molecule has 4 aliphatic carbocycles. The summed E-state index contributed by atoms with van der Waals surface area (Å²) in [5.41, 5.74) is -2.06. The average molecular weight is 556 g/mol. The number of ether oxygens (including phenoxy) is 2. The van der Waals surface area contributed by atoms with Crippen molar-refractivity contribution in [3.05, 3.63) is 29.9 Å².